The molecule has 1 rings (SSSR count). The summed E-state index contributed by atoms with van der Waals surface area (Å²) in [5, 5.41) is 0.357. The van der Waals surface area contributed by atoms with Crippen molar-refractivity contribution in [2.24, 2.45) is 0 Å². The summed E-state index contributed by atoms with van der Waals surface area (Å²) < 4.78 is 5.12. The van der Waals surface area contributed by atoms with Crippen molar-refractivity contribution in [3.63, 3.8) is 0 Å². The first-order chi connectivity index (χ1) is 7.76. The smallest absolute Gasteiger partial charge is 0.118 e. The van der Waals surface area contributed by atoms with Crippen molar-refractivity contribution in [3.05, 3.63) is 29.8 Å². The van der Waals surface area contributed by atoms with Gasteiger partial charge in [-0.15, -0.1) is 11.6 Å². The first-order valence-corrected chi connectivity index (χ1v) is 6.47. The fourth-order valence-corrected chi connectivity index (χ4v) is 1.85. The molecule has 0 amide bonds. The summed E-state index contributed by atoms with van der Waals surface area (Å²) in [4.78, 5) is 0. The predicted molar refractivity (Wildman–Crippen MR) is 70.5 cm³/mol. The van der Waals surface area contributed by atoms with E-state index in [0.29, 0.717) is 5.38 Å². The molecule has 0 fully saturated rings. The van der Waals surface area contributed by atoms with E-state index in [9.17, 15) is 0 Å². The molecule has 0 saturated carbocycles. The van der Waals surface area contributed by atoms with Crippen LogP contribution in [-0.2, 0) is 6.42 Å². The van der Waals surface area contributed by atoms with Gasteiger partial charge in [0.15, 0.2) is 0 Å². The number of alkyl halides is 1. The van der Waals surface area contributed by atoms with Crippen molar-refractivity contribution in [1.29, 1.82) is 0 Å². The van der Waals surface area contributed by atoms with E-state index in [0.717, 1.165) is 25.0 Å². The molecule has 1 unspecified atom stereocenters. The molecule has 16 heavy (non-hydrogen) atoms. The highest BCUT2D eigenvalue weighted by Gasteiger charge is 2.01. The van der Waals surface area contributed by atoms with E-state index >= 15 is 0 Å². The summed E-state index contributed by atoms with van der Waals surface area (Å²) in [6, 6.07) is 8.31. The van der Waals surface area contributed by atoms with Crippen LogP contribution < -0.4 is 4.74 Å². The van der Waals surface area contributed by atoms with Crippen molar-refractivity contribution in [2.45, 2.75) is 44.4 Å². The Morgan fingerprint density at radius 3 is 2.44 bits per heavy atom. The molecular formula is C14H21ClO. The highest BCUT2D eigenvalue weighted by molar-refractivity contribution is 6.20. The van der Waals surface area contributed by atoms with Gasteiger partial charge in [-0.2, -0.15) is 0 Å². The Balaban J connectivity index is 2.21. The lowest BCUT2D eigenvalue weighted by atomic mass is 10.1. The molecule has 2 heteroatoms. The number of hydrogen-bond donors (Lipinski definition) is 0. The number of halogens is 1. The van der Waals surface area contributed by atoms with E-state index in [1.165, 1.54) is 18.4 Å². The van der Waals surface area contributed by atoms with Gasteiger partial charge in [0, 0.05) is 5.38 Å². The Kier molecular flexibility index (Phi) is 6.32. The monoisotopic (exact) mass is 240 g/mol. The number of methoxy groups -OCH3 is 1. The van der Waals surface area contributed by atoms with Crippen LogP contribution in [0.1, 0.15) is 38.2 Å². The van der Waals surface area contributed by atoms with Crippen LogP contribution in [0.4, 0.5) is 0 Å². The average molecular weight is 241 g/mol. The Morgan fingerprint density at radius 1 is 1.19 bits per heavy atom. The second-order valence-corrected chi connectivity index (χ2v) is 4.72. The van der Waals surface area contributed by atoms with Crippen molar-refractivity contribution < 1.29 is 4.74 Å². The minimum atomic E-state index is 0.357. The zero-order chi connectivity index (χ0) is 11.8. The van der Waals surface area contributed by atoms with Crippen molar-refractivity contribution in [3.8, 4) is 5.75 Å². The molecule has 0 aliphatic carbocycles. The molecule has 0 radical (unpaired) electrons. The second-order valence-electron chi connectivity index (χ2n) is 4.10. The van der Waals surface area contributed by atoms with Crippen LogP contribution in [0.15, 0.2) is 24.3 Å². The lowest BCUT2D eigenvalue weighted by molar-refractivity contribution is 0.414. The largest absolute Gasteiger partial charge is 0.497 e. The standard InChI is InChI=1S/C14H21ClO/c1-3-13(15)7-5-4-6-12-8-10-14(16-2)11-9-12/h8-11,13H,3-7H2,1-2H3. The van der Waals surface area contributed by atoms with Gasteiger partial charge in [0.25, 0.3) is 0 Å². The lowest BCUT2D eigenvalue weighted by Crippen LogP contribution is -1.96. The number of aryl methyl sites for hydroxylation is 1. The highest BCUT2D eigenvalue weighted by Crippen LogP contribution is 2.15. The number of hydrogen-bond acceptors (Lipinski definition) is 1. The van der Waals surface area contributed by atoms with Crippen LogP contribution in [0.3, 0.4) is 0 Å². The maximum Gasteiger partial charge on any atom is 0.118 e. The molecule has 90 valence electrons. The topological polar surface area (TPSA) is 9.23 Å². The zero-order valence-electron chi connectivity index (χ0n) is 10.2. The first kappa shape index (κ1) is 13.4. The quantitative estimate of drug-likeness (QED) is 0.506. The van der Waals surface area contributed by atoms with Crippen LogP contribution in [-0.4, -0.2) is 12.5 Å². The fraction of sp³-hybridized carbons (Fsp3) is 0.571. The van der Waals surface area contributed by atoms with Gasteiger partial charge in [-0.25, -0.2) is 0 Å². The predicted octanol–water partition coefficient (Wildman–Crippen LogP) is 4.43. The van der Waals surface area contributed by atoms with E-state index in [2.05, 4.69) is 19.1 Å². The van der Waals surface area contributed by atoms with Gasteiger partial charge in [0.2, 0.25) is 0 Å². The average Bonchev–Trinajstić information content (AvgIpc) is 2.35. The molecule has 0 heterocycles. The van der Waals surface area contributed by atoms with Crippen LogP contribution >= 0.6 is 11.6 Å². The molecule has 0 saturated heterocycles. The molecule has 1 aromatic carbocycles. The summed E-state index contributed by atoms with van der Waals surface area (Å²) >= 11 is 6.07. The highest BCUT2D eigenvalue weighted by atomic mass is 35.5. The SMILES string of the molecule is CCC(Cl)CCCCc1ccc(OC)cc1. The van der Waals surface area contributed by atoms with E-state index < -0.39 is 0 Å². The van der Waals surface area contributed by atoms with Gasteiger partial charge in [-0.3, -0.25) is 0 Å². The maximum atomic E-state index is 6.07. The Bertz CT molecular complexity index is 281. The minimum Gasteiger partial charge on any atom is -0.497 e. The van der Waals surface area contributed by atoms with E-state index in [4.69, 9.17) is 16.3 Å². The van der Waals surface area contributed by atoms with E-state index in [1.807, 2.05) is 12.1 Å². The molecule has 0 aliphatic rings. The van der Waals surface area contributed by atoms with Crippen LogP contribution in [0.25, 0.3) is 0 Å². The van der Waals surface area contributed by atoms with Crippen molar-refractivity contribution >= 4 is 11.6 Å². The van der Waals surface area contributed by atoms with Gasteiger partial charge >= 0.3 is 0 Å². The molecule has 0 aromatic heterocycles. The van der Waals surface area contributed by atoms with Gasteiger partial charge in [0.05, 0.1) is 7.11 Å². The molecule has 0 spiro atoms. The molecule has 0 aliphatic heterocycles. The van der Waals surface area contributed by atoms with Gasteiger partial charge < -0.3 is 4.74 Å². The molecule has 1 atom stereocenters. The Morgan fingerprint density at radius 2 is 1.88 bits per heavy atom. The van der Waals surface area contributed by atoms with Gasteiger partial charge in [-0.1, -0.05) is 25.5 Å². The number of unbranched alkanes of at least 4 members (excludes halogenated alkanes) is 1. The third kappa shape index (κ3) is 4.89. The molecular weight excluding hydrogens is 220 g/mol. The molecule has 0 N–H and O–H groups in total. The molecule has 1 nitrogen and oxygen atoms in total. The number of rotatable bonds is 7. The summed E-state index contributed by atoms with van der Waals surface area (Å²) in [6.45, 7) is 2.14. The summed E-state index contributed by atoms with van der Waals surface area (Å²) in [5.74, 6) is 0.926. The Labute approximate surface area is 104 Å². The van der Waals surface area contributed by atoms with Crippen LogP contribution in [0.2, 0.25) is 0 Å². The normalized spacial score (nSPS) is 12.4. The zero-order valence-corrected chi connectivity index (χ0v) is 11.0. The van der Waals surface area contributed by atoms with Crippen LogP contribution in [0.5, 0.6) is 5.75 Å². The molecule has 1 aromatic rings. The van der Waals surface area contributed by atoms with E-state index in [1.54, 1.807) is 7.11 Å². The van der Waals surface area contributed by atoms with Gasteiger partial charge in [-0.05, 0) is 43.4 Å². The summed E-state index contributed by atoms with van der Waals surface area (Å²) in [6.07, 6.45) is 5.78. The molecule has 0 bridgehead atoms. The van der Waals surface area contributed by atoms with Gasteiger partial charge in [0.1, 0.15) is 5.75 Å². The summed E-state index contributed by atoms with van der Waals surface area (Å²) in [7, 11) is 1.69. The van der Waals surface area contributed by atoms with E-state index in [-0.39, 0.29) is 0 Å². The third-order valence-electron chi connectivity index (χ3n) is 2.83. The van der Waals surface area contributed by atoms with Crippen molar-refractivity contribution in [1.82, 2.24) is 0 Å². The summed E-state index contributed by atoms with van der Waals surface area (Å²) in [5.41, 5.74) is 1.38. The second kappa shape index (κ2) is 7.56. The lowest BCUT2D eigenvalue weighted by Gasteiger charge is -2.06. The number of ether oxygens (including phenoxy) is 1. The minimum absolute atomic E-state index is 0.357. The number of benzene rings is 1. The van der Waals surface area contributed by atoms with Crippen LogP contribution in [0, 0.1) is 0 Å². The Hall–Kier alpha value is -0.690. The first-order valence-electron chi connectivity index (χ1n) is 6.03. The fourth-order valence-electron chi connectivity index (χ4n) is 1.69. The maximum absolute atomic E-state index is 6.07. The third-order valence-corrected chi connectivity index (χ3v) is 3.36. The van der Waals surface area contributed by atoms with Crippen molar-refractivity contribution in [2.75, 3.05) is 7.11 Å².